The van der Waals surface area contributed by atoms with Crippen LogP contribution in [0.15, 0.2) is 107 Å². The summed E-state index contributed by atoms with van der Waals surface area (Å²) >= 11 is 10.00. The first-order valence-corrected chi connectivity index (χ1v) is 35.7. The lowest BCUT2D eigenvalue weighted by Gasteiger charge is -2.27. The molecule has 0 spiro atoms. The summed E-state index contributed by atoms with van der Waals surface area (Å²) in [6.45, 7) is 1.15. The maximum atomic E-state index is 13.6. The predicted octanol–water partition coefficient (Wildman–Crippen LogP) is 8.96. The summed E-state index contributed by atoms with van der Waals surface area (Å²) in [4.78, 5) is 109. The number of benzene rings is 2. The van der Waals surface area contributed by atoms with Crippen LogP contribution in [0.1, 0.15) is 77.6 Å². The molecule has 0 saturated carbocycles. The van der Waals surface area contributed by atoms with Crippen LogP contribution in [0.25, 0.3) is 0 Å². The molecule has 0 bridgehead atoms. The molecule has 2 radical (unpaired) electrons. The topological polar surface area (TPSA) is 320 Å². The summed E-state index contributed by atoms with van der Waals surface area (Å²) in [6.07, 6.45) is 9.02. The van der Waals surface area contributed by atoms with Crippen molar-refractivity contribution in [3.63, 3.8) is 0 Å². The van der Waals surface area contributed by atoms with Gasteiger partial charge in [-0.05, 0) is 43.2 Å². The lowest BCUT2D eigenvalue weighted by atomic mass is 9.95. The van der Waals surface area contributed by atoms with Crippen molar-refractivity contribution >= 4 is 157 Å². The second kappa shape index (κ2) is 48.4. The number of amides is 8. The molecule has 24 nitrogen and oxygen atoms in total. The first-order valence-electron chi connectivity index (χ1n) is 25.9. The predicted molar refractivity (Wildman–Crippen MR) is 369 cm³/mol. The van der Waals surface area contributed by atoms with E-state index in [2.05, 4.69) is 91.9 Å². The van der Waals surface area contributed by atoms with Crippen molar-refractivity contribution in [2.75, 3.05) is 41.0 Å². The van der Waals surface area contributed by atoms with E-state index in [1.807, 2.05) is 60.7 Å². The number of aliphatic hydroxyl groups excluding tert-OH is 2. The molecular weight excluding hydrogens is 1560 g/mol. The van der Waals surface area contributed by atoms with Crippen LogP contribution in [-0.2, 0) is 62.9 Å². The van der Waals surface area contributed by atoms with Gasteiger partial charge < -0.3 is 70.4 Å². The number of aliphatic carboxylic acids is 1. The summed E-state index contributed by atoms with van der Waals surface area (Å²) in [5, 5.41) is 41.1. The number of ether oxygens (including phenoxy) is 2. The molecule has 8 amide bonds. The number of carbonyl (C=O) groups is 7. The van der Waals surface area contributed by atoms with Crippen molar-refractivity contribution in [3.8, 4) is 0 Å². The molecule has 33 heteroatoms. The number of nitrogens with one attached hydrogen (secondary N) is 5. The van der Waals surface area contributed by atoms with Crippen molar-refractivity contribution in [3.05, 3.63) is 138 Å². The molecule has 1 saturated heterocycles. The van der Waals surface area contributed by atoms with E-state index in [1.165, 1.54) is 60.0 Å². The average molecular weight is 1640 g/mol. The molecule has 1 aliphatic rings. The molecule has 1 fully saturated rings. The van der Waals surface area contributed by atoms with Crippen LogP contribution in [0, 0.1) is 0 Å². The molecule has 7 rings (SSSR count). The Kier molecular flexibility index (Phi) is 45.4. The molecule has 5 atom stereocenters. The fourth-order valence-electron chi connectivity index (χ4n) is 7.68. The number of carboxylic acid groups (broad SMARTS) is 1. The van der Waals surface area contributed by atoms with Gasteiger partial charge in [-0.2, -0.15) is 0 Å². The second-order valence-electron chi connectivity index (χ2n) is 18.3. The van der Waals surface area contributed by atoms with Crippen LogP contribution in [0.5, 0.6) is 0 Å². The number of halogens is 4. The largest absolute Gasteiger partial charge is 0.480 e. The quantitative estimate of drug-likeness (QED) is 0.0143. The molecule has 0 unspecified atom stereocenters. The number of carboxylic acids is 1. The molecule has 4 aromatic heterocycles. The number of nitrogens with zero attached hydrogens (tertiary/aromatic N) is 7. The number of aliphatic hydroxyl groups is 2. The number of aromatic nitrogens is 4. The van der Waals surface area contributed by atoms with Crippen LogP contribution >= 0.6 is 107 Å². The summed E-state index contributed by atoms with van der Waals surface area (Å²) in [7, 11) is 7.88. The third kappa shape index (κ3) is 32.9. The number of hydrogen-bond acceptors (Lipinski definition) is 19. The Bertz CT molecular complexity index is 2820. The molecule has 88 heavy (non-hydrogen) atoms. The summed E-state index contributed by atoms with van der Waals surface area (Å²) in [6, 6.07) is 15.4. The molecule has 6 aromatic rings. The van der Waals surface area contributed by atoms with Gasteiger partial charge in [-0.15, -0.1) is 69.3 Å². The van der Waals surface area contributed by atoms with E-state index < -0.39 is 42.3 Å². The molecule has 5 heterocycles. The second-order valence-corrected chi connectivity index (χ2v) is 22.2. The third-order valence-electron chi connectivity index (χ3n) is 12.0. The Labute approximate surface area is 570 Å². The average Bonchev–Trinajstić information content (AvgIpc) is 3.71. The van der Waals surface area contributed by atoms with E-state index in [0.717, 1.165) is 30.6 Å². The first-order chi connectivity index (χ1) is 41.1. The fraction of sp³-hybridized carbons (Fsp3) is 0.436. The Morgan fingerprint density at radius 1 is 0.636 bits per heavy atom. The van der Waals surface area contributed by atoms with E-state index in [4.69, 9.17) is 24.0 Å². The van der Waals surface area contributed by atoms with Gasteiger partial charge in [0.15, 0.2) is 0 Å². The Morgan fingerprint density at radius 2 is 1.03 bits per heavy atom. The van der Waals surface area contributed by atoms with Crippen molar-refractivity contribution < 1.29 is 62.7 Å². The number of rotatable bonds is 26. The number of carbonyl (C=O) groups excluding carboxylic acids is 6. The van der Waals surface area contributed by atoms with Gasteiger partial charge in [0, 0.05) is 136 Å². The highest BCUT2D eigenvalue weighted by molar-refractivity contribution is 15.0. The Hall–Kier alpha value is -5.45. The van der Waals surface area contributed by atoms with Gasteiger partial charge in [0.05, 0.1) is 53.2 Å². The zero-order valence-corrected chi connectivity index (χ0v) is 57.0. The summed E-state index contributed by atoms with van der Waals surface area (Å²) < 4.78 is 19.2. The summed E-state index contributed by atoms with van der Waals surface area (Å²) in [5.41, 5.74) is 8.86. The van der Waals surface area contributed by atoms with E-state index in [0.29, 0.717) is 58.3 Å². The number of urea groups is 3. The highest BCUT2D eigenvalue weighted by Gasteiger charge is 2.30. The van der Waals surface area contributed by atoms with Crippen LogP contribution in [-0.4, -0.2) is 171 Å². The van der Waals surface area contributed by atoms with Gasteiger partial charge in [0.25, 0.3) is 0 Å². The smallest absolute Gasteiger partial charge is 0.407 e. The third-order valence-corrected chi connectivity index (χ3v) is 15.0. The zero-order valence-electron chi connectivity index (χ0n) is 47.1. The Balaban J connectivity index is 0.00000148. The van der Waals surface area contributed by atoms with Gasteiger partial charge in [0.1, 0.15) is 24.7 Å². The zero-order chi connectivity index (χ0) is 62.4. The van der Waals surface area contributed by atoms with E-state index in [9.17, 15) is 38.7 Å². The van der Waals surface area contributed by atoms with Crippen molar-refractivity contribution in [1.29, 1.82) is 0 Å². The van der Waals surface area contributed by atoms with Gasteiger partial charge in [0.2, 0.25) is 5.91 Å². The first kappa shape index (κ1) is 82.6. The van der Waals surface area contributed by atoms with Gasteiger partial charge in [-0.1, -0.05) is 75.5 Å². The molecule has 8 N–H and O–H groups in total. The minimum atomic E-state index is -1.16. The van der Waals surface area contributed by atoms with Crippen LogP contribution in [0.2, 0.25) is 0 Å². The Morgan fingerprint density at radius 3 is 1.42 bits per heavy atom. The standard InChI is InChI=1S/C33H40N6O5S2.C10H15N3O4S.C10H13N3O3S.2CH4.BF.I2.HI/c1-39(20-28-18-34-22-45-28)32(42)38-30(14-15-40)31(41)36-26(16-24-8-4-2-5-9-24)12-13-27(17-25-10-6-3-7-11-25)37-33(43)44-21-29-19-35-23-46-29;1-13(5-7-4-11-6-18-7)10(17)12-8(2-3-14)9(15)16;1-13(5-7-4-11-6-17-7)10(15)12-8-2-3-16-9(8)14;;;2*1-2;/h2-11,18-19,22-23,26-27,30,40H,12-17,20-21H2,1H3,(H,36,41)(H,37,43)(H,38,42);4,6,8,14H,2-3,5H2,1H3,(H,12,17)(H,15,16);4,6,8H,2-3,5H2,1H3,(H,12,15);2*1H4;;;1H/t26-,27-,30+;2*8-;;;;;/m100...../s1. The number of alkyl carbamates (subject to hydrolysis) is 1. The van der Waals surface area contributed by atoms with E-state index in [1.54, 1.807) is 68.0 Å². The molecule has 0 aliphatic carbocycles. The van der Waals surface area contributed by atoms with E-state index in [-0.39, 0.29) is 101 Å². The maximum Gasteiger partial charge on any atom is 0.407 e. The van der Waals surface area contributed by atoms with Gasteiger partial charge in [-0.3, -0.25) is 24.7 Å². The molecular formula is C55H77BFI3N12O12S4. The number of thiazole rings is 4. The normalized spacial score (nSPS) is 12.9. The van der Waals surface area contributed by atoms with Gasteiger partial charge >= 0.3 is 44.2 Å². The molecule has 1 aliphatic heterocycles. The monoisotopic (exact) mass is 1640 g/mol. The van der Waals surface area contributed by atoms with Crippen LogP contribution in [0.3, 0.4) is 0 Å². The molecule has 2 aromatic carbocycles. The van der Waals surface area contributed by atoms with Crippen LogP contribution < -0.4 is 26.6 Å². The minimum absolute atomic E-state index is 0. The minimum Gasteiger partial charge on any atom is -0.480 e. The van der Waals surface area contributed by atoms with Crippen LogP contribution in [0.4, 0.5) is 23.5 Å². The molecule has 484 valence electrons. The van der Waals surface area contributed by atoms with Crippen molar-refractivity contribution in [2.24, 2.45) is 0 Å². The lowest BCUT2D eigenvalue weighted by molar-refractivity contribution is -0.140. The number of esters is 1. The maximum absolute atomic E-state index is 13.6. The van der Waals surface area contributed by atoms with Crippen molar-refractivity contribution in [2.45, 2.75) is 116 Å². The SMILES string of the molecule is C.C.CN(Cc1cncs1)C(=O)N[C@@H](CCO)C(=O)N[C@H](CC[C@H](Cc1ccccc1)NC(=O)OCc1cncs1)Cc1ccccc1.CN(Cc1cncs1)C(=O)N[C@@H](CCO)C(=O)O.CN(Cc1cncs1)C(=O)N[C@H]1CCOC1=O.I.II.[B]F. The van der Waals surface area contributed by atoms with E-state index >= 15 is 0 Å². The van der Waals surface area contributed by atoms with Crippen molar-refractivity contribution in [1.82, 2.24) is 61.2 Å². The number of hydrogen-bond donors (Lipinski definition) is 8. The summed E-state index contributed by atoms with van der Waals surface area (Å²) in [5.74, 6) is -1.90. The fourth-order valence-corrected chi connectivity index (χ4v) is 10.1. The highest BCUT2D eigenvalue weighted by atomic mass is 128. The highest BCUT2D eigenvalue weighted by Crippen LogP contribution is 2.17. The van der Waals surface area contributed by atoms with Gasteiger partial charge in [-0.25, -0.2) is 28.8 Å². The lowest BCUT2D eigenvalue weighted by Crippen LogP contribution is -2.53. The number of cyclic esters (lactones) is 1.